The second-order valence-corrected chi connectivity index (χ2v) is 8.11. The summed E-state index contributed by atoms with van der Waals surface area (Å²) >= 11 is 0. The first kappa shape index (κ1) is 20.1. The SMILES string of the molecule is Cc1ccc(C)c2[nH]c(=O)c(CN(C(=O)Nc3ccc(F)cc3)C3CCCC3)cc12. The minimum Gasteiger partial charge on any atom is -0.321 e. The van der Waals surface area contributed by atoms with Gasteiger partial charge in [-0.05, 0) is 68.1 Å². The fourth-order valence-corrected chi connectivity index (χ4v) is 4.23. The number of anilines is 1. The van der Waals surface area contributed by atoms with E-state index in [1.807, 2.05) is 32.0 Å². The fraction of sp³-hybridized carbons (Fsp3) is 0.333. The predicted octanol–water partition coefficient (Wildman–Crippen LogP) is 5.26. The van der Waals surface area contributed by atoms with Gasteiger partial charge in [-0.2, -0.15) is 0 Å². The number of nitrogens with one attached hydrogen (secondary N) is 2. The lowest BCUT2D eigenvalue weighted by Crippen LogP contribution is -2.42. The Morgan fingerprint density at radius 1 is 1.10 bits per heavy atom. The van der Waals surface area contributed by atoms with Gasteiger partial charge in [0.15, 0.2) is 0 Å². The number of aromatic amines is 1. The molecule has 1 saturated carbocycles. The van der Waals surface area contributed by atoms with Gasteiger partial charge in [0.05, 0.1) is 12.1 Å². The van der Waals surface area contributed by atoms with Crippen molar-refractivity contribution in [3.8, 4) is 0 Å². The summed E-state index contributed by atoms with van der Waals surface area (Å²) in [5.74, 6) is -0.353. The Bertz CT molecular complexity index is 1130. The van der Waals surface area contributed by atoms with Crippen LogP contribution in [0.5, 0.6) is 0 Å². The maximum atomic E-state index is 13.2. The smallest absolute Gasteiger partial charge is 0.321 e. The lowest BCUT2D eigenvalue weighted by atomic mass is 10.0. The van der Waals surface area contributed by atoms with Crippen LogP contribution in [-0.2, 0) is 6.54 Å². The molecular formula is C24H26FN3O2. The molecule has 1 heterocycles. The van der Waals surface area contributed by atoms with Crippen molar-refractivity contribution in [1.82, 2.24) is 9.88 Å². The number of carbonyl (C=O) groups excluding carboxylic acids is 1. The molecule has 0 bridgehead atoms. The topological polar surface area (TPSA) is 65.2 Å². The third-order valence-electron chi connectivity index (χ3n) is 5.98. The number of amides is 2. The standard InChI is InChI=1S/C24H26FN3O2/c1-15-7-8-16(2)22-21(15)13-17(23(29)27-22)14-28(20-5-3-4-6-20)24(30)26-19-11-9-18(25)10-12-19/h7-13,20H,3-6,14H2,1-2H3,(H,26,30)(H,27,29). The zero-order valence-corrected chi connectivity index (χ0v) is 17.3. The van der Waals surface area contributed by atoms with Crippen molar-refractivity contribution < 1.29 is 9.18 Å². The van der Waals surface area contributed by atoms with E-state index in [9.17, 15) is 14.0 Å². The molecule has 4 rings (SSSR count). The van der Waals surface area contributed by atoms with Crippen LogP contribution in [0, 0.1) is 19.7 Å². The third-order valence-corrected chi connectivity index (χ3v) is 5.98. The molecule has 1 aliphatic rings. The Hall–Kier alpha value is -3.15. The highest BCUT2D eigenvalue weighted by molar-refractivity contribution is 5.90. The molecule has 0 unspecified atom stereocenters. The van der Waals surface area contributed by atoms with Crippen molar-refractivity contribution in [2.75, 3.05) is 5.32 Å². The number of carbonyl (C=O) groups is 1. The van der Waals surface area contributed by atoms with E-state index in [4.69, 9.17) is 0 Å². The molecule has 30 heavy (non-hydrogen) atoms. The number of pyridine rings is 1. The van der Waals surface area contributed by atoms with E-state index in [0.717, 1.165) is 47.7 Å². The average molecular weight is 407 g/mol. The van der Waals surface area contributed by atoms with Gasteiger partial charge in [0, 0.05) is 22.7 Å². The van der Waals surface area contributed by atoms with Gasteiger partial charge in [0.25, 0.3) is 5.56 Å². The van der Waals surface area contributed by atoms with Crippen LogP contribution < -0.4 is 10.9 Å². The van der Waals surface area contributed by atoms with Crippen molar-refractivity contribution in [3.05, 3.63) is 75.3 Å². The average Bonchev–Trinajstić information content (AvgIpc) is 3.25. The Balaban J connectivity index is 1.66. The second-order valence-electron chi connectivity index (χ2n) is 8.11. The fourth-order valence-electron chi connectivity index (χ4n) is 4.23. The number of benzene rings is 2. The Labute approximate surface area is 174 Å². The minimum atomic E-state index is -0.353. The third kappa shape index (κ3) is 4.08. The molecule has 2 amide bonds. The van der Waals surface area contributed by atoms with E-state index in [0.29, 0.717) is 11.3 Å². The zero-order chi connectivity index (χ0) is 21.3. The van der Waals surface area contributed by atoms with E-state index in [-0.39, 0.29) is 30.0 Å². The highest BCUT2D eigenvalue weighted by Crippen LogP contribution is 2.26. The molecule has 6 heteroatoms. The van der Waals surface area contributed by atoms with Gasteiger partial charge in [-0.3, -0.25) is 4.79 Å². The molecule has 0 spiro atoms. The van der Waals surface area contributed by atoms with E-state index >= 15 is 0 Å². The number of nitrogens with zero attached hydrogens (tertiary/aromatic N) is 1. The summed E-state index contributed by atoms with van der Waals surface area (Å²) in [5.41, 5.74) is 3.86. The van der Waals surface area contributed by atoms with Crippen molar-refractivity contribution in [1.29, 1.82) is 0 Å². The molecule has 5 nitrogen and oxygen atoms in total. The number of aryl methyl sites for hydroxylation is 2. The van der Waals surface area contributed by atoms with Crippen LogP contribution in [-0.4, -0.2) is 22.0 Å². The summed E-state index contributed by atoms with van der Waals surface area (Å²) in [6, 6.07) is 11.5. The Kier molecular flexibility index (Phi) is 5.57. The van der Waals surface area contributed by atoms with Gasteiger partial charge in [-0.1, -0.05) is 25.0 Å². The second kappa shape index (κ2) is 8.30. The molecule has 1 aliphatic carbocycles. The predicted molar refractivity (Wildman–Crippen MR) is 117 cm³/mol. The van der Waals surface area contributed by atoms with Crippen molar-refractivity contribution >= 4 is 22.6 Å². The first-order valence-electron chi connectivity index (χ1n) is 10.4. The zero-order valence-electron chi connectivity index (χ0n) is 17.3. The number of halogens is 1. The Morgan fingerprint density at radius 2 is 1.77 bits per heavy atom. The number of hydrogen-bond acceptors (Lipinski definition) is 2. The van der Waals surface area contributed by atoms with Crippen LogP contribution >= 0.6 is 0 Å². The molecule has 3 aromatic rings. The van der Waals surface area contributed by atoms with E-state index < -0.39 is 0 Å². The van der Waals surface area contributed by atoms with Crippen LogP contribution in [0.1, 0.15) is 42.4 Å². The van der Waals surface area contributed by atoms with Gasteiger partial charge in [0.2, 0.25) is 0 Å². The summed E-state index contributed by atoms with van der Waals surface area (Å²) < 4.78 is 13.2. The van der Waals surface area contributed by atoms with Crippen molar-refractivity contribution in [3.63, 3.8) is 0 Å². The summed E-state index contributed by atoms with van der Waals surface area (Å²) in [7, 11) is 0. The lowest BCUT2D eigenvalue weighted by Gasteiger charge is -2.29. The maximum Gasteiger partial charge on any atom is 0.322 e. The highest BCUT2D eigenvalue weighted by atomic mass is 19.1. The van der Waals surface area contributed by atoms with Crippen LogP contribution in [0.3, 0.4) is 0 Å². The normalized spacial score (nSPS) is 14.2. The van der Waals surface area contributed by atoms with Gasteiger partial charge in [0.1, 0.15) is 5.82 Å². The number of urea groups is 1. The van der Waals surface area contributed by atoms with E-state index in [1.54, 1.807) is 4.90 Å². The minimum absolute atomic E-state index is 0.0825. The summed E-state index contributed by atoms with van der Waals surface area (Å²) in [6.07, 6.45) is 3.97. The molecule has 0 aliphatic heterocycles. The van der Waals surface area contributed by atoms with E-state index in [2.05, 4.69) is 10.3 Å². The number of aromatic nitrogens is 1. The maximum absolute atomic E-state index is 13.2. The van der Waals surface area contributed by atoms with Gasteiger partial charge in [-0.25, -0.2) is 9.18 Å². The summed E-state index contributed by atoms with van der Waals surface area (Å²) in [4.78, 5) is 30.7. The molecule has 1 aromatic heterocycles. The van der Waals surface area contributed by atoms with Crippen LogP contribution in [0.15, 0.2) is 47.3 Å². The van der Waals surface area contributed by atoms with E-state index in [1.165, 1.54) is 24.3 Å². The number of H-pyrrole nitrogens is 1. The highest BCUT2D eigenvalue weighted by Gasteiger charge is 2.28. The molecule has 156 valence electrons. The summed E-state index contributed by atoms with van der Waals surface area (Å²) in [6.45, 7) is 4.22. The monoisotopic (exact) mass is 407 g/mol. The molecule has 0 radical (unpaired) electrons. The molecule has 1 fully saturated rings. The molecule has 2 aromatic carbocycles. The van der Waals surface area contributed by atoms with Crippen LogP contribution in [0.25, 0.3) is 10.9 Å². The van der Waals surface area contributed by atoms with Crippen LogP contribution in [0.4, 0.5) is 14.9 Å². The molecule has 0 atom stereocenters. The van der Waals surface area contributed by atoms with Crippen LogP contribution in [0.2, 0.25) is 0 Å². The molecule has 0 saturated heterocycles. The van der Waals surface area contributed by atoms with Crippen molar-refractivity contribution in [2.45, 2.75) is 52.1 Å². The molecule has 2 N–H and O–H groups in total. The first-order chi connectivity index (χ1) is 14.4. The number of rotatable bonds is 4. The lowest BCUT2D eigenvalue weighted by molar-refractivity contribution is 0.184. The molecular weight excluding hydrogens is 381 g/mol. The quantitative estimate of drug-likeness (QED) is 0.619. The first-order valence-corrected chi connectivity index (χ1v) is 10.4. The number of fused-ring (bicyclic) bond motifs is 1. The van der Waals surface area contributed by atoms with Gasteiger partial charge in [-0.15, -0.1) is 0 Å². The van der Waals surface area contributed by atoms with Gasteiger partial charge >= 0.3 is 6.03 Å². The Morgan fingerprint density at radius 3 is 2.47 bits per heavy atom. The number of hydrogen-bond donors (Lipinski definition) is 2. The summed E-state index contributed by atoms with van der Waals surface area (Å²) in [5, 5.41) is 3.85. The largest absolute Gasteiger partial charge is 0.322 e. The van der Waals surface area contributed by atoms with Crippen molar-refractivity contribution in [2.24, 2.45) is 0 Å². The van der Waals surface area contributed by atoms with Gasteiger partial charge < -0.3 is 15.2 Å².